The summed E-state index contributed by atoms with van der Waals surface area (Å²) in [4.78, 5) is 50.2. The van der Waals surface area contributed by atoms with Gasteiger partial charge in [0.1, 0.15) is 18.1 Å². The molecule has 0 aromatic heterocycles. The van der Waals surface area contributed by atoms with E-state index in [1.54, 1.807) is 11.8 Å². The molecule has 0 radical (unpaired) electrons. The predicted octanol–water partition coefficient (Wildman–Crippen LogP) is -0.474. The molecule has 4 amide bonds. The first-order valence-electron chi connectivity index (χ1n) is 8.61. The molecule has 10 heteroatoms. The zero-order valence-corrected chi connectivity index (χ0v) is 16.7. The summed E-state index contributed by atoms with van der Waals surface area (Å²) in [6.07, 6.45) is 3.42. The smallest absolute Gasteiger partial charge is 0.246 e. The number of nitrogens with zero attached hydrogens (tertiary/aromatic N) is 1. The van der Waals surface area contributed by atoms with Gasteiger partial charge in [-0.3, -0.25) is 19.2 Å². The van der Waals surface area contributed by atoms with Crippen molar-refractivity contribution >= 4 is 47.2 Å². The van der Waals surface area contributed by atoms with Gasteiger partial charge in [0.05, 0.1) is 5.88 Å². The minimum absolute atomic E-state index is 0.00436. The first kappa shape index (κ1) is 20.9. The number of piperidine rings is 1. The van der Waals surface area contributed by atoms with Gasteiger partial charge in [-0.25, -0.2) is 0 Å². The second-order valence-electron chi connectivity index (χ2n) is 6.63. The van der Waals surface area contributed by atoms with Crippen molar-refractivity contribution in [3.63, 3.8) is 0 Å². The molecule has 2 aliphatic heterocycles. The first-order chi connectivity index (χ1) is 12.3. The minimum atomic E-state index is -0.735. The van der Waals surface area contributed by atoms with Crippen molar-refractivity contribution in [3.05, 3.63) is 0 Å². The molecular weight excluding hydrogens is 376 g/mol. The maximum Gasteiger partial charge on any atom is 0.246 e. The fraction of sp³-hybridized carbons (Fsp3) is 0.750. The normalized spacial score (nSPS) is 26.9. The van der Waals surface area contributed by atoms with Gasteiger partial charge in [-0.1, -0.05) is 6.92 Å². The van der Waals surface area contributed by atoms with Crippen LogP contribution in [-0.4, -0.2) is 70.3 Å². The van der Waals surface area contributed by atoms with Crippen LogP contribution in [0.5, 0.6) is 0 Å². The van der Waals surface area contributed by atoms with E-state index in [-0.39, 0.29) is 23.6 Å². The summed E-state index contributed by atoms with van der Waals surface area (Å²) < 4.78 is 0. The second-order valence-corrected chi connectivity index (χ2v) is 8.62. The molecule has 0 bridgehead atoms. The summed E-state index contributed by atoms with van der Waals surface area (Å²) in [5.41, 5.74) is 5.39. The van der Waals surface area contributed by atoms with Crippen molar-refractivity contribution in [1.29, 1.82) is 0 Å². The van der Waals surface area contributed by atoms with Gasteiger partial charge in [0.2, 0.25) is 23.6 Å². The van der Waals surface area contributed by atoms with Crippen LogP contribution >= 0.6 is 23.5 Å². The van der Waals surface area contributed by atoms with E-state index in [1.165, 1.54) is 16.7 Å². The zero-order valence-electron chi connectivity index (χ0n) is 15.0. The maximum absolute atomic E-state index is 12.9. The Morgan fingerprint density at radius 2 is 2.19 bits per heavy atom. The third kappa shape index (κ3) is 5.06. The molecule has 2 heterocycles. The SMILES string of the molecule is CSCC[C@@H](NC(=O)C1NC(=O)CCC1C)C(=O)N1CSCC1C(N)=O. The third-order valence-electron chi connectivity index (χ3n) is 4.71. The molecule has 0 aliphatic carbocycles. The predicted molar refractivity (Wildman–Crippen MR) is 102 cm³/mol. The van der Waals surface area contributed by atoms with Gasteiger partial charge in [-0.2, -0.15) is 11.8 Å². The molecule has 0 spiro atoms. The molecule has 4 N–H and O–H groups in total. The molecule has 2 fully saturated rings. The highest BCUT2D eigenvalue weighted by atomic mass is 32.2. The van der Waals surface area contributed by atoms with Crippen LogP contribution in [0, 0.1) is 5.92 Å². The Hall–Kier alpha value is -1.42. The van der Waals surface area contributed by atoms with Crippen molar-refractivity contribution in [2.45, 2.75) is 44.3 Å². The van der Waals surface area contributed by atoms with Crippen LogP contribution in [0.2, 0.25) is 0 Å². The number of hydrogen-bond acceptors (Lipinski definition) is 6. The molecule has 2 rings (SSSR count). The van der Waals surface area contributed by atoms with Crippen LogP contribution in [0.4, 0.5) is 0 Å². The van der Waals surface area contributed by atoms with Crippen molar-refractivity contribution < 1.29 is 19.2 Å². The van der Waals surface area contributed by atoms with Gasteiger partial charge in [-0.05, 0) is 30.8 Å². The summed E-state index contributed by atoms with van der Waals surface area (Å²) in [6.45, 7) is 1.91. The molecule has 2 aliphatic rings. The van der Waals surface area contributed by atoms with E-state index in [2.05, 4.69) is 10.6 Å². The van der Waals surface area contributed by atoms with Gasteiger partial charge in [0.25, 0.3) is 0 Å². The zero-order chi connectivity index (χ0) is 19.3. The molecule has 0 saturated carbocycles. The molecule has 0 aromatic rings. The van der Waals surface area contributed by atoms with E-state index in [0.29, 0.717) is 36.6 Å². The first-order valence-corrected chi connectivity index (χ1v) is 11.2. The van der Waals surface area contributed by atoms with Crippen LogP contribution in [0.15, 0.2) is 0 Å². The number of thioether (sulfide) groups is 2. The van der Waals surface area contributed by atoms with Crippen LogP contribution in [0.1, 0.15) is 26.2 Å². The number of nitrogens with two attached hydrogens (primary N) is 1. The highest BCUT2D eigenvalue weighted by Crippen LogP contribution is 2.23. The number of rotatable bonds is 7. The summed E-state index contributed by atoms with van der Waals surface area (Å²) in [6, 6.07) is -2.02. The lowest BCUT2D eigenvalue weighted by atomic mass is 9.91. The number of primary amides is 1. The highest BCUT2D eigenvalue weighted by molar-refractivity contribution is 7.99. The maximum atomic E-state index is 12.9. The van der Waals surface area contributed by atoms with E-state index < -0.39 is 24.0 Å². The van der Waals surface area contributed by atoms with E-state index in [1.807, 2.05) is 13.2 Å². The Balaban J connectivity index is 2.08. The van der Waals surface area contributed by atoms with Crippen molar-refractivity contribution in [3.8, 4) is 0 Å². The van der Waals surface area contributed by atoms with Gasteiger partial charge < -0.3 is 21.3 Å². The molecule has 146 valence electrons. The van der Waals surface area contributed by atoms with E-state index in [0.717, 1.165) is 0 Å². The second kappa shape index (κ2) is 9.50. The summed E-state index contributed by atoms with van der Waals surface area (Å²) in [5, 5.41) is 5.49. The lowest BCUT2D eigenvalue weighted by Gasteiger charge is -2.31. The topological polar surface area (TPSA) is 122 Å². The number of nitrogens with one attached hydrogen (secondary N) is 2. The Kier molecular flexibility index (Phi) is 7.63. The summed E-state index contributed by atoms with van der Waals surface area (Å²) in [7, 11) is 0. The molecule has 26 heavy (non-hydrogen) atoms. The minimum Gasteiger partial charge on any atom is -0.368 e. The van der Waals surface area contributed by atoms with Crippen molar-refractivity contribution in [1.82, 2.24) is 15.5 Å². The Morgan fingerprint density at radius 1 is 1.46 bits per heavy atom. The molecule has 0 aromatic carbocycles. The van der Waals surface area contributed by atoms with Crippen molar-refractivity contribution in [2.24, 2.45) is 11.7 Å². The monoisotopic (exact) mass is 402 g/mol. The van der Waals surface area contributed by atoms with E-state index >= 15 is 0 Å². The summed E-state index contributed by atoms with van der Waals surface area (Å²) >= 11 is 3.04. The van der Waals surface area contributed by atoms with Crippen molar-refractivity contribution in [2.75, 3.05) is 23.6 Å². The van der Waals surface area contributed by atoms with Crippen LogP contribution in [-0.2, 0) is 19.2 Å². The quantitative estimate of drug-likeness (QED) is 0.529. The van der Waals surface area contributed by atoms with Gasteiger partial charge in [0, 0.05) is 12.2 Å². The van der Waals surface area contributed by atoms with E-state index in [4.69, 9.17) is 5.73 Å². The number of carbonyl (C=O) groups is 4. The number of carbonyl (C=O) groups excluding carboxylic acids is 4. The molecule has 3 unspecified atom stereocenters. The number of hydrogen-bond donors (Lipinski definition) is 3. The fourth-order valence-electron chi connectivity index (χ4n) is 3.09. The standard InChI is InChI=1S/C16H26N4O4S2/c1-9-3-4-12(21)19-13(9)15(23)18-10(5-6-25-2)16(24)20-8-26-7-11(20)14(17)22/h9-11,13H,3-8H2,1-2H3,(H2,17,22)(H,18,23)(H,19,21)/t9?,10-,11?,13?/m1/s1. The third-order valence-corrected chi connectivity index (χ3v) is 6.37. The highest BCUT2D eigenvalue weighted by Gasteiger charge is 2.38. The lowest BCUT2D eigenvalue weighted by molar-refractivity contribution is -0.141. The summed E-state index contributed by atoms with van der Waals surface area (Å²) in [5.74, 6) is 0.208. The Morgan fingerprint density at radius 3 is 2.85 bits per heavy atom. The van der Waals surface area contributed by atoms with Crippen LogP contribution in [0.3, 0.4) is 0 Å². The Labute approximate surface area is 161 Å². The fourth-order valence-corrected chi connectivity index (χ4v) is 4.74. The Bertz CT molecular complexity index is 574. The van der Waals surface area contributed by atoms with Gasteiger partial charge >= 0.3 is 0 Å². The van der Waals surface area contributed by atoms with E-state index in [9.17, 15) is 19.2 Å². The van der Waals surface area contributed by atoms with Crippen LogP contribution in [0.25, 0.3) is 0 Å². The van der Waals surface area contributed by atoms with Crippen LogP contribution < -0.4 is 16.4 Å². The average molecular weight is 403 g/mol. The molecule has 4 atom stereocenters. The molecular formula is C16H26N4O4S2. The lowest BCUT2D eigenvalue weighted by Crippen LogP contribution is -2.59. The molecule has 2 saturated heterocycles. The number of amides is 4. The average Bonchev–Trinajstić information content (AvgIpc) is 3.09. The van der Waals surface area contributed by atoms with Gasteiger partial charge in [0.15, 0.2) is 0 Å². The molecule has 8 nitrogen and oxygen atoms in total. The largest absolute Gasteiger partial charge is 0.368 e. The van der Waals surface area contributed by atoms with Gasteiger partial charge in [-0.15, -0.1) is 11.8 Å².